The van der Waals surface area contributed by atoms with E-state index in [0.717, 1.165) is 0 Å². The van der Waals surface area contributed by atoms with Gasteiger partial charge >= 0.3 is 0 Å². The van der Waals surface area contributed by atoms with Crippen molar-refractivity contribution < 1.29 is 17.8 Å². The van der Waals surface area contributed by atoms with E-state index in [0.29, 0.717) is 5.69 Å². The van der Waals surface area contributed by atoms with Crippen LogP contribution < -0.4 is 5.01 Å². The number of carbonyl (C=O) groups excluding carboxylic acids is 1. The first kappa shape index (κ1) is 10.8. The van der Waals surface area contributed by atoms with E-state index in [-0.39, 0.29) is 17.2 Å². The van der Waals surface area contributed by atoms with Gasteiger partial charge in [-0.2, -0.15) is 13.5 Å². The lowest BCUT2D eigenvalue weighted by molar-refractivity contribution is -0.116. The summed E-state index contributed by atoms with van der Waals surface area (Å²) in [6.45, 7) is 0. The van der Waals surface area contributed by atoms with Crippen LogP contribution in [0, 0.1) is 0 Å². The lowest BCUT2D eigenvalue weighted by Gasteiger charge is -2.11. The van der Waals surface area contributed by atoms with Crippen LogP contribution in [0.2, 0.25) is 0 Å². The number of anilines is 1. The molecule has 0 saturated carbocycles. The number of benzene rings is 1. The van der Waals surface area contributed by atoms with Gasteiger partial charge in [-0.05, 0) is 24.3 Å². The van der Waals surface area contributed by atoms with E-state index in [1.165, 1.54) is 35.5 Å². The number of amides is 1. The second-order valence-electron chi connectivity index (χ2n) is 3.18. The van der Waals surface area contributed by atoms with E-state index in [1.807, 2.05) is 0 Å². The molecule has 0 spiro atoms. The van der Waals surface area contributed by atoms with E-state index < -0.39 is 10.1 Å². The molecule has 1 aliphatic rings. The van der Waals surface area contributed by atoms with E-state index in [4.69, 9.17) is 4.55 Å². The lowest BCUT2D eigenvalue weighted by atomic mass is 10.3. The average molecular weight is 240 g/mol. The highest BCUT2D eigenvalue weighted by Crippen LogP contribution is 2.20. The molecule has 2 rings (SSSR count). The third-order valence-electron chi connectivity index (χ3n) is 2.08. The van der Waals surface area contributed by atoms with E-state index >= 15 is 0 Å². The molecule has 16 heavy (non-hydrogen) atoms. The fourth-order valence-corrected chi connectivity index (χ4v) is 1.80. The first-order chi connectivity index (χ1) is 7.48. The summed E-state index contributed by atoms with van der Waals surface area (Å²) in [5.74, 6) is -0.181. The van der Waals surface area contributed by atoms with Crippen molar-refractivity contribution in [3.05, 3.63) is 24.3 Å². The van der Waals surface area contributed by atoms with Crippen molar-refractivity contribution in [3.8, 4) is 0 Å². The zero-order valence-electron chi connectivity index (χ0n) is 8.07. The zero-order valence-corrected chi connectivity index (χ0v) is 8.88. The molecule has 0 unspecified atom stereocenters. The molecular formula is C9H8N2O4S. The smallest absolute Gasteiger partial charge is 0.282 e. The van der Waals surface area contributed by atoms with Crippen LogP contribution in [0.4, 0.5) is 5.69 Å². The van der Waals surface area contributed by atoms with Gasteiger partial charge in [0.05, 0.1) is 17.0 Å². The van der Waals surface area contributed by atoms with E-state index in [2.05, 4.69) is 5.10 Å². The molecule has 0 bridgehead atoms. The van der Waals surface area contributed by atoms with E-state index in [1.54, 1.807) is 0 Å². The molecule has 1 aromatic rings. The predicted molar refractivity (Wildman–Crippen MR) is 56.9 cm³/mol. The summed E-state index contributed by atoms with van der Waals surface area (Å²) < 4.78 is 30.3. The molecule has 1 heterocycles. The van der Waals surface area contributed by atoms with Crippen LogP contribution in [0.25, 0.3) is 0 Å². The topological polar surface area (TPSA) is 87.0 Å². The van der Waals surface area contributed by atoms with Gasteiger partial charge in [0.25, 0.3) is 16.0 Å². The van der Waals surface area contributed by atoms with Crippen LogP contribution >= 0.6 is 0 Å². The first-order valence-corrected chi connectivity index (χ1v) is 5.85. The highest BCUT2D eigenvalue weighted by Gasteiger charge is 2.19. The molecule has 1 aliphatic heterocycles. The van der Waals surface area contributed by atoms with Crippen LogP contribution in [-0.4, -0.2) is 25.1 Å². The lowest BCUT2D eigenvalue weighted by Crippen LogP contribution is -2.19. The second-order valence-corrected chi connectivity index (χ2v) is 4.60. The zero-order chi connectivity index (χ0) is 11.8. The number of carbonyl (C=O) groups is 1. The van der Waals surface area contributed by atoms with Crippen molar-refractivity contribution in [2.75, 3.05) is 5.01 Å². The number of hydrogen-bond acceptors (Lipinski definition) is 4. The highest BCUT2D eigenvalue weighted by molar-refractivity contribution is 7.85. The standard InChI is InChI=1S/C9H8N2O4S/c12-9-5-6-10-11(9)7-1-3-8(4-2-7)16(13,14)15/h1-4,6H,5H2,(H,13,14,15). The van der Waals surface area contributed by atoms with Crippen molar-refractivity contribution in [1.29, 1.82) is 0 Å². The largest absolute Gasteiger partial charge is 0.294 e. The Bertz CT molecular complexity index is 547. The molecule has 1 N–H and O–H groups in total. The summed E-state index contributed by atoms with van der Waals surface area (Å²) in [6.07, 6.45) is 1.71. The van der Waals surface area contributed by atoms with Crippen LogP contribution in [-0.2, 0) is 14.9 Å². The summed E-state index contributed by atoms with van der Waals surface area (Å²) in [5, 5.41) is 5.00. The molecule has 0 aliphatic carbocycles. The third kappa shape index (κ3) is 1.95. The Morgan fingerprint density at radius 1 is 1.25 bits per heavy atom. The first-order valence-electron chi connectivity index (χ1n) is 4.41. The summed E-state index contributed by atoms with van der Waals surface area (Å²) in [5.41, 5.74) is 0.464. The highest BCUT2D eigenvalue weighted by atomic mass is 32.2. The Morgan fingerprint density at radius 3 is 2.31 bits per heavy atom. The molecule has 0 radical (unpaired) electrons. The predicted octanol–water partition coefficient (Wildman–Crippen LogP) is 0.656. The normalized spacial score (nSPS) is 15.8. The number of rotatable bonds is 2. The van der Waals surface area contributed by atoms with Crippen molar-refractivity contribution in [1.82, 2.24) is 0 Å². The van der Waals surface area contributed by atoms with Gasteiger partial charge in [-0.15, -0.1) is 0 Å². The van der Waals surface area contributed by atoms with Crippen LogP contribution in [0.15, 0.2) is 34.3 Å². The summed E-state index contributed by atoms with van der Waals surface area (Å²) >= 11 is 0. The van der Waals surface area contributed by atoms with Crippen molar-refractivity contribution in [2.24, 2.45) is 5.10 Å². The molecule has 6 nitrogen and oxygen atoms in total. The maximum atomic E-state index is 11.3. The van der Waals surface area contributed by atoms with Gasteiger partial charge in [-0.3, -0.25) is 9.35 Å². The molecule has 0 aromatic heterocycles. The molecule has 0 atom stereocenters. The maximum Gasteiger partial charge on any atom is 0.294 e. The van der Waals surface area contributed by atoms with Crippen LogP contribution in [0.5, 0.6) is 0 Å². The fourth-order valence-electron chi connectivity index (χ4n) is 1.32. The Morgan fingerprint density at radius 2 is 1.88 bits per heavy atom. The molecule has 84 valence electrons. The minimum Gasteiger partial charge on any atom is -0.282 e. The third-order valence-corrected chi connectivity index (χ3v) is 2.95. The molecular weight excluding hydrogens is 232 g/mol. The number of hydrazone groups is 1. The SMILES string of the molecule is O=C1CC=NN1c1ccc(S(=O)(=O)O)cc1. The van der Waals surface area contributed by atoms with Gasteiger partial charge in [0.15, 0.2) is 0 Å². The van der Waals surface area contributed by atoms with Gasteiger partial charge in [0.1, 0.15) is 0 Å². The van der Waals surface area contributed by atoms with Crippen LogP contribution in [0.3, 0.4) is 0 Å². The van der Waals surface area contributed by atoms with Gasteiger partial charge < -0.3 is 0 Å². The minimum absolute atomic E-state index is 0.181. The summed E-state index contributed by atoms with van der Waals surface area (Å²) in [4.78, 5) is 11.1. The van der Waals surface area contributed by atoms with Crippen LogP contribution in [0.1, 0.15) is 6.42 Å². The Labute approximate surface area is 91.9 Å². The Kier molecular flexibility index (Phi) is 2.49. The van der Waals surface area contributed by atoms with Gasteiger partial charge in [-0.1, -0.05) is 0 Å². The Hall–Kier alpha value is -1.73. The quantitative estimate of drug-likeness (QED) is 0.769. The van der Waals surface area contributed by atoms with E-state index in [9.17, 15) is 13.2 Å². The fraction of sp³-hybridized carbons (Fsp3) is 0.111. The summed E-state index contributed by atoms with van der Waals surface area (Å²) in [7, 11) is -4.20. The minimum atomic E-state index is -4.20. The van der Waals surface area contributed by atoms with Gasteiger partial charge in [0, 0.05) is 6.21 Å². The number of nitrogens with zero attached hydrogens (tertiary/aromatic N) is 2. The molecule has 7 heteroatoms. The monoisotopic (exact) mass is 240 g/mol. The number of hydrogen-bond donors (Lipinski definition) is 1. The molecule has 0 saturated heterocycles. The van der Waals surface area contributed by atoms with Crippen molar-refractivity contribution >= 4 is 27.9 Å². The van der Waals surface area contributed by atoms with Gasteiger partial charge in [-0.25, -0.2) is 5.01 Å². The average Bonchev–Trinajstić information content (AvgIpc) is 2.63. The summed E-state index contributed by atoms with van der Waals surface area (Å²) in [6, 6.07) is 5.24. The Balaban J connectivity index is 2.33. The maximum absolute atomic E-state index is 11.3. The van der Waals surface area contributed by atoms with Crippen molar-refractivity contribution in [2.45, 2.75) is 11.3 Å². The molecule has 0 fully saturated rings. The van der Waals surface area contributed by atoms with Crippen molar-refractivity contribution in [3.63, 3.8) is 0 Å². The molecule has 1 aromatic carbocycles. The molecule has 1 amide bonds. The second kappa shape index (κ2) is 3.69. The van der Waals surface area contributed by atoms with Gasteiger partial charge in [0.2, 0.25) is 0 Å².